The zero-order valence-electron chi connectivity index (χ0n) is 21.5. The molecule has 1 aromatic rings. The van der Waals surface area contributed by atoms with E-state index in [-0.39, 0.29) is 56.9 Å². The van der Waals surface area contributed by atoms with Crippen molar-refractivity contribution in [2.45, 2.75) is 65.5 Å². The van der Waals surface area contributed by atoms with Crippen LogP contribution in [0.5, 0.6) is 11.5 Å². The number of aliphatic hydroxyl groups is 1. The quantitative estimate of drug-likeness (QED) is 0.135. The molecule has 1 rings (SSSR count). The molecule has 0 amide bonds. The van der Waals surface area contributed by atoms with Gasteiger partial charge in [0.2, 0.25) is 6.08 Å². The maximum Gasteiger partial charge on any atom is 0.235 e. The van der Waals surface area contributed by atoms with Gasteiger partial charge in [0.05, 0.1) is 25.9 Å². The van der Waals surface area contributed by atoms with Gasteiger partial charge in [-0.3, -0.25) is 6.29 Å². The van der Waals surface area contributed by atoms with Crippen LogP contribution in [0.25, 0.3) is 0 Å². The van der Waals surface area contributed by atoms with Crippen LogP contribution >= 0.6 is 0 Å². The Bertz CT molecular complexity index is 751. The van der Waals surface area contributed by atoms with Gasteiger partial charge in [-0.1, -0.05) is 39.7 Å². The van der Waals surface area contributed by atoms with E-state index in [2.05, 4.69) is 18.8 Å². The van der Waals surface area contributed by atoms with E-state index < -0.39 is 18.1 Å². The predicted octanol–water partition coefficient (Wildman–Crippen LogP) is 4.15. The molecule has 0 fully saturated rings. The van der Waals surface area contributed by atoms with Crippen LogP contribution in [0.2, 0.25) is 0 Å². The van der Waals surface area contributed by atoms with Crippen LogP contribution in [0, 0.1) is 23.7 Å². The molecule has 1 N–H and O–H groups in total. The average Bonchev–Trinajstić information content (AvgIpc) is 2.79. The van der Waals surface area contributed by atoms with Gasteiger partial charge in [-0.2, -0.15) is 4.99 Å². The number of hydrogen-bond acceptors (Lipinski definition) is 7. The maximum absolute atomic E-state index is 11.3. The molecule has 4 atom stereocenters. The van der Waals surface area contributed by atoms with Gasteiger partial charge in [0.25, 0.3) is 0 Å². The number of nitrogens with zero attached hydrogens (tertiary/aromatic N) is 1. The Kier molecular flexibility index (Phi) is 17.6. The van der Waals surface area contributed by atoms with Gasteiger partial charge in [-0.25, -0.2) is 4.79 Å². The third-order valence-corrected chi connectivity index (χ3v) is 6.08. The second-order valence-corrected chi connectivity index (χ2v) is 9.18. The second-order valence-electron chi connectivity index (χ2n) is 9.18. The molecule has 0 saturated carbocycles. The summed E-state index contributed by atoms with van der Waals surface area (Å²) in [5.74, 6) is 1.43. The minimum atomic E-state index is -0.905. The molecule has 0 aliphatic carbocycles. The summed E-state index contributed by atoms with van der Waals surface area (Å²) in [5.41, 5.74) is 1.07. The van der Waals surface area contributed by atoms with E-state index in [0.717, 1.165) is 18.4 Å². The first-order valence-corrected chi connectivity index (χ1v) is 11.7. The zero-order chi connectivity index (χ0) is 24.8. The summed E-state index contributed by atoms with van der Waals surface area (Å²) in [7, 11) is 3.27. The van der Waals surface area contributed by atoms with Gasteiger partial charge < -0.3 is 24.1 Å². The van der Waals surface area contributed by atoms with E-state index in [1.807, 2.05) is 38.3 Å². The Labute approximate surface area is 229 Å². The summed E-state index contributed by atoms with van der Waals surface area (Å²) < 4.78 is 16.4. The van der Waals surface area contributed by atoms with Crippen molar-refractivity contribution in [3.8, 4) is 11.5 Å². The van der Waals surface area contributed by atoms with Crippen molar-refractivity contribution >= 4 is 12.4 Å². The number of methoxy groups -OCH3 is 2. The number of hydrogen-bond donors (Lipinski definition) is 1. The molecule has 0 aliphatic heterocycles. The largest absolute Gasteiger partial charge is 0.542 e. The standard InChI is InChI=1S/C26H40NO6.Y/c1-18(2)21(14-23(27-17-29)24(30)15-22(16-28)19(3)4)12-20-8-9-25(32-6)26(13-20)33-11-7-10-31-5;/h8-9,13,18-19,21-24,30H,7,10-12,14-15H2,1-6H3;/q-1;. The minimum absolute atomic E-state index is 0. The van der Waals surface area contributed by atoms with Gasteiger partial charge in [0, 0.05) is 52.8 Å². The molecular formula is C26H40NO6Y-. The molecule has 8 heteroatoms. The molecule has 0 bridgehead atoms. The van der Waals surface area contributed by atoms with Gasteiger partial charge in [-0.05, 0) is 48.8 Å². The van der Waals surface area contributed by atoms with E-state index in [4.69, 9.17) is 14.2 Å². The summed E-state index contributed by atoms with van der Waals surface area (Å²) in [5, 5.41) is 10.7. The fourth-order valence-electron chi connectivity index (χ4n) is 3.79. The van der Waals surface area contributed by atoms with Crippen molar-refractivity contribution in [2.75, 3.05) is 27.4 Å². The van der Waals surface area contributed by atoms with Crippen molar-refractivity contribution in [1.29, 1.82) is 0 Å². The SMILES string of the molecule is COCCCOc1cc(CC(CC(N=C=O)C(O)CC([C-]=O)C(C)C)C(C)C)ccc1OC.[Y]. The number of ether oxygens (including phenoxy) is 3. The predicted molar refractivity (Wildman–Crippen MR) is 128 cm³/mol. The van der Waals surface area contributed by atoms with Crippen molar-refractivity contribution in [3.05, 3.63) is 23.8 Å². The first-order chi connectivity index (χ1) is 15.8. The molecule has 34 heavy (non-hydrogen) atoms. The molecule has 189 valence electrons. The third-order valence-electron chi connectivity index (χ3n) is 6.08. The van der Waals surface area contributed by atoms with Crippen molar-refractivity contribution < 1.29 is 61.6 Å². The first kappa shape index (κ1) is 32.9. The van der Waals surface area contributed by atoms with Gasteiger partial charge in [0.1, 0.15) is 0 Å². The molecule has 0 saturated heterocycles. The number of isocyanates is 1. The van der Waals surface area contributed by atoms with Crippen LogP contribution < -0.4 is 9.47 Å². The van der Waals surface area contributed by atoms with E-state index in [0.29, 0.717) is 31.1 Å². The van der Waals surface area contributed by atoms with Gasteiger partial charge in [0.15, 0.2) is 11.5 Å². The van der Waals surface area contributed by atoms with E-state index in [1.54, 1.807) is 20.3 Å². The molecule has 1 radical (unpaired) electrons. The summed E-state index contributed by atoms with van der Waals surface area (Å²) in [6, 6.07) is 5.25. The smallest absolute Gasteiger partial charge is 0.235 e. The number of benzene rings is 1. The Morgan fingerprint density at radius 2 is 1.76 bits per heavy atom. The monoisotopic (exact) mass is 551 g/mol. The van der Waals surface area contributed by atoms with E-state index in [1.165, 1.54) is 0 Å². The molecular weight excluding hydrogens is 511 g/mol. The second kappa shape index (κ2) is 18.2. The van der Waals surface area contributed by atoms with Crippen LogP contribution in [0.1, 0.15) is 52.5 Å². The summed E-state index contributed by atoms with van der Waals surface area (Å²) in [4.78, 5) is 26.2. The van der Waals surface area contributed by atoms with Crippen molar-refractivity contribution in [3.63, 3.8) is 0 Å². The molecule has 7 nitrogen and oxygen atoms in total. The first-order valence-electron chi connectivity index (χ1n) is 11.7. The van der Waals surface area contributed by atoms with Crippen molar-refractivity contribution in [2.24, 2.45) is 28.7 Å². The van der Waals surface area contributed by atoms with Gasteiger partial charge >= 0.3 is 0 Å². The third kappa shape index (κ3) is 11.5. The number of aliphatic hydroxyl groups excluding tert-OH is 1. The Morgan fingerprint density at radius 1 is 1.06 bits per heavy atom. The Balaban J connectivity index is 0.0000109. The number of aliphatic imine (C=N–C) groups is 1. The van der Waals surface area contributed by atoms with Crippen LogP contribution in [0.3, 0.4) is 0 Å². The van der Waals surface area contributed by atoms with Crippen LogP contribution in [0.4, 0.5) is 0 Å². The summed E-state index contributed by atoms with van der Waals surface area (Å²) >= 11 is 0. The Hall–Kier alpha value is -1.11. The molecule has 1 aromatic carbocycles. The van der Waals surface area contributed by atoms with Gasteiger partial charge in [-0.15, -0.1) is 5.92 Å². The summed E-state index contributed by atoms with van der Waals surface area (Å²) in [6.45, 7) is 9.19. The minimum Gasteiger partial charge on any atom is -0.542 e. The van der Waals surface area contributed by atoms with E-state index in [9.17, 15) is 14.7 Å². The van der Waals surface area contributed by atoms with Crippen molar-refractivity contribution in [1.82, 2.24) is 0 Å². The average molecular weight is 552 g/mol. The normalized spacial score (nSPS) is 14.5. The fourth-order valence-corrected chi connectivity index (χ4v) is 3.79. The molecule has 0 aromatic heterocycles. The zero-order valence-corrected chi connectivity index (χ0v) is 24.3. The number of carbonyl (C=O) groups excluding carboxylic acids is 2. The summed E-state index contributed by atoms with van der Waals surface area (Å²) in [6.07, 6.45) is 4.93. The molecule has 0 spiro atoms. The topological polar surface area (TPSA) is 94.4 Å². The Morgan fingerprint density at radius 3 is 2.29 bits per heavy atom. The molecule has 0 heterocycles. The molecule has 0 aliphatic rings. The van der Waals surface area contributed by atoms with Crippen LogP contribution in [0.15, 0.2) is 23.2 Å². The number of rotatable bonds is 17. The van der Waals surface area contributed by atoms with E-state index >= 15 is 0 Å². The van der Waals surface area contributed by atoms with Crippen LogP contribution in [-0.2, 0) is 53.5 Å². The van der Waals surface area contributed by atoms with Crippen LogP contribution in [-0.4, -0.2) is 57.1 Å². The fraction of sp³-hybridized carbons (Fsp3) is 0.692. The molecule has 4 unspecified atom stereocenters. The maximum atomic E-state index is 11.3.